The second-order valence-corrected chi connectivity index (χ2v) is 5.31. The molecule has 0 aliphatic carbocycles. The van der Waals surface area contributed by atoms with E-state index in [-0.39, 0.29) is 11.2 Å². The molecule has 2 aromatic heterocycles. The minimum atomic E-state index is -0.370. The van der Waals surface area contributed by atoms with Gasteiger partial charge in [0.1, 0.15) is 5.82 Å². The standard InChI is InChI=1S/C12H14FN3S/c1-12(2,3)10-7-15-11(17)16(10)9-4-8(13)5-14-6-9/h4-7H,1-3H3,(H,15,17). The molecule has 0 atom stereocenters. The van der Waals surface area contributed by atoms with Crippen molar-refractivity contribution in [1.29, 1.82) is 0 Å². The van der Waals surface area contributed by atoms with Crippen LogP contribution in [0, 0.1) is 10.6 Å². The van der Waals surface area contributed by atoms with E-state index in [1.807, 2.05) is 10.8 Å². The van der Waals surface area contributed by atoms with E-state index in [2.05, 4.69) is 30.7 Å². The fourth-order valence-corrected chi connectivity index (χ4v) is 1.96. The predicted octanol–water partition coefficient (Wildman–Crippen LogP) is 3.37. The highest BCUT2D eigenvalue weighted by Crippen LogP contribution is 2.25. The minimum Gasteiger partial charge on any atom is -0.337 e. The lowest BCUT2D eigenvalue weighted by Crippen LogP contribution is -2.16. The molecule has 2 rings (SSSR count). The number of hydrogen-bond acceptors (Lipinski definition) is 2. The molecule has 2 aromatic rings. The van der Waals surface area contributed by atoms with Gasteiger partial charge in [0.05, 0.1) is 18.1 Å². The van der Waals surface area contributed by atoms with Crippen molar-refractivity contribution in [2.45, 2.75) is 26.2 Å². The van der Waals surface area contributed by atoms with E-state index in [0.29, 0.717) is 10.5 Å². The first-order chi connectivity index (χ1) is 7.89. The zero-order valence-electron chi connectivity index (χ0n) is 9.99. The maximum atomic E-state index is 13.2. The molecule has 3 nitrogen and oxygen atoms in total. The number of imidazole rings is 1. The summed E-state index contributed by atoms with van der Waals surface area (Å²) in [7, 11) is 0. The molecule has 0 aromatic carbocycles. The Morgan fingerprint density at radius 1 is 1.35 bits per heavy atom. The molecule has 0 unspecified atom stereocenters. The lowest BCUT2D eigenvalue weighted by Gasteiger charge is -2.20. The Hall–Kier alpha value is -1.49. The van der Waals surface area contributed by atoms with Gasteiger partial charge >= 0.3 is 0 Å². The highest BCUT2D eigenvalue weighted by atomic mass is 32.1. The Bertz CT molecular complexity index is 592. The first-order valence-corrected chi connectivity index (χ1v) is 5.72. The highest BCUT2D eigenvalue weighted by Gasteiger charge is 2.20. The van der Waals surface area contributed by atoms with Gasteiger partial charge in [-0.2, -0.15) is 0 Å². The fraction of sp³-hybridized carbons (Fsp3) is 0.333. The third-order valence-corrected chi connectivity index (χ3v) is 2.79. The molecule has 90 valence electrons. The van der Waals surface area contributed by atoms with Crippen LogP contribution in [0.1, 0.15) is 26.5 Å². The van der Waals surface area contributed by atoms with E-state index in [0.717, 1.165) is 5.69 Å². The van der Waals surface area contributed by atoms with Crippen molar-refractivity contribution in [3.63, 3.8) is 0 Å². The van der Waals surface area contributed by atoms with Crippen LogP contribution in [0.15, 0.2) is 24.7 Å². The van der Waals surface area contributed by atoms with Crippen molar-refractivity contribution in [2.24, 2.45) is 0 Å². The minimum absolute atomic E-state index is 0.0835. The topological polar surface area (TPSA) is 33.6 Å². The van der Waals surface area contributed by atoms with Gasteiger partial charge in [0, 0.05) is 23.4 Å². The molecule has 0 saturated heterocycles. The van der Waals surface area contributed by atoms with E-state index in [1.165, 1.54) is 12.3 Å². The fourth-order valence-electron chi connectivity index (χ4n) is 1.70. The van der Waals surface area contributed by atoms with E-state index in [1.54, 1.807) is 6.20 Å². The van der Waals surface area contributed by atoms with Crippen molar-refractivity contribution < 1.29 is 4.39 Å². The second kappa shape index (κ2) is 4.07. The Kier molecular flexibility index (Phi) is 2.87. The molecular formula is C12H14FN3S. The van der Waals surface area contributed by atoms with Crippen molar-refractivity contribution >= 4 is 12.2 Å². The van der Waals surface area contributed by atoms with Gasteiger partial charge in [-0.25, -0.2) is 4.39 Å². The number of pyridine rings is 1. The van der Waals surface area contributed by atoms with Crippen LogP contribution >= 0.6 is 12.2 Å². The van der Waals surface area contributed by atoms with Gasteiger partial charge in [-0.3, -0.25) is 9.55 Å². The third-order valence-electron chi connectivity index (χ3n) is 2.49. The maximum Gasteiger partial charge on any atom is 0.182 e. The molecule has 1 N–H and O–H groups in total. The quantitative estimate of drug-likeness (QED) is 0.788. The molecule has 0 amide bonds. The molecule has 0 spiro atoms. The van der Waals surface area contributed by atoms with Crippen LogP contribution in [0.5, 0.6) is 0 Å². The number of nitrogens with zero attached hydrogens (tertiary/aromatic N) is 2. The summed E-state index contributed by atoms with van der Waals surface area (Å²) in [6.07, 6.45) is 4.63. The molecule has 2 heterocycles. The lowest BCUT2D eigenvalue weighted by atomic mass is 9.92. The molecule has 0 bridgehead atoms. The SMILES string of the molecule is CC(C)(C)c1c[nH]c(=S)n1-c1cncc(F)c1. The largest absolute Gasteiger partial charge is 0.337 e. The number of halogens is 1. The summed E-state index contributed by atoms with van der Waals surface area (Å²) in [4.78, 5) is 6.84. The summed E-state index contributed by atoms with van der Waals surface area (Å²) >= 11 is 5.22. The summed E-state index contributed by atoms with van der Waals surface area (Å²) in [5.41, 5.74) is 1.55. The van der Waals surface area contributed by atoms with Crippen LogP contribution in [-0.4, -0.2) is 14.5 Å². The first-order valence-electron chi connectivity index (χ1n) is 5.31. The van der Waals surface area contributed by atoms with Gasteiger partial charge in [0.15, 0.2) is 4.77 Å². The van der Waals surface area contributed by atoms with E-state index in [4.69, 9.17) is 12.2 Å². The van der Waals surface area contributed by atoms with Crippen LogP contribution in [-0.2, 0) is 5.41 Å². The number of H-pyrrole nitrogens is 1. The Morgan fingerprint density at radius 2 is 2.06 bits per heavy atom. The van der Waals surface area contributed by atoms with Crippen molar-refractivity contribution in [3.05, 3.63) is 40.9 Å². The van der Waals surface area contributed by atoms with Gasteiger partial charge in [0.2, 0.25) is 0 Å². The predicted molar refractivity (Wildman–Crippen MR) is 67.4 cm³/mol. The maximum absolute atomic E-state index is 13.2. The average Bonchev–Trinajstić information content (AvgIpc) is 2.59. The normalized spacial score (nSPS) is 11.8. The Labute approximate surface area is 104 Å². The van der Waals surface area contributed by atoms with Gasteiger partial charge < -0.3 is 4.98 Å². The number of rotatable bonds is 1. The van der Waals surface area contributed by atoms with E-state index in [9.17, 15) is 4.39 Å². The average molecular weight is 251 g/mol. The second-order valence-electron chi connectivity index (χ2n) is 4.93. The number of aromatic amines is 1. The van der Waals surface area contributed by atoms with Crippen LogP contribution < -0.4 is 0 Å². The van der Waals surface area contributed by atoms with Gasteiger partial charge in [-0.1, -0.05) is 20.8 Å². The molecule has 0 saturated carbocycles. The van der Waals surface area contributed by atoms with Crippen molar-refractivity contribution in [1.82, 2.24) is 14.5 Å². The monoisotopic (exact) mass is 251 g/mol. The third kappa shape index (κ3) is 2.29. The van der Waals surface area contributed by atoms with E-state index < -0.39 is 0 Å². The summed E-state index contributed by atoms with van der Waals surface area (Å²) in [6, 6.07) is 1.42. The number of hydrogen-bond donors (Lipinski definition) is 1. The molecule has 0 aliphatic heterocycles. The van der Waals surface area contributed by atoms with Gasteiger partial charge in [-0.15, -0.1) is 0 Å². The summed E-state index contributed by atoms with van der Waals surface area (Å²) in [6.45, 7) is 6.23. The first kappa shape index (κ1) is 12.0. The highest BCUT2D eigenvalue weighted by molar-refractivity contribution is 7.71. The molecular weight excluding hydrogens is 237 g/mol. The van der Waals surface area contributed by atoms with E-state index >= 15 is 0 Å². The molecule has 0 fully saturated rings. The Balaban J connectivity index is 2.67. The van der Waals surface area contributed by atoms with Crippen LogP contribution in [0.4, 0.5) is 4.39 Å². The summed E-state index contributed by atoms with van der Waals surface area (Å²) in [5, 5.41) is 0. The molecule has 0 radical (unpaired) electrons. The van der Waals surface area contributed by atoms with Crippen LogP contribution in [0.25, 0.3) is 5.69 Å². The number of nitrogens with one attached hydrogen (secondary N) is 1. The Morgan fingerprint density at radius 3 is 2.65 bits per heavy atom. The number of aromatic nitrogens is 3. The summed E-state index contributed by atoms with van der Waals surface area (Å²) < 4.78 is 15.6. The summed E-state index contributed by atoms with van der Waals surface area (Å²) in [5.74, 6) is -0.370. The lowest BCUT2D eigenvalue weighted by molar-refractivity contribution is 0.554. The zero-order valence-corrected chi connectivity index (χ0v) is 10.8. The van der Waals surface area contributed by atoms with Crippen LogP contribution in [0.3, 0.4) is 0 Å². The smallest absolute Gasteiger partial charge is 0.182 e. The van der Waals surface area contributed by atoms with Gasteiger partial charge in [0.25, 0.3) is 0 Å². The molecule has 5 heteroatoms. The molecule has 17 heavy (non-hydrogen) atoms. The van der Waals surface area contributed by atoms with Crippen LogP contribution in [0.2, 0.25) is 0 Å². The van der Waals surface area contributed by atoms with Crippen molar-refractivity contribution in [2.75, 3.05) is 0 Å². The van der Waals surface area contributed by atoms with Crippen molar-refractivity contribution in [3.8, 4) is 5.69 Å². The molecule has 0 aliphatic rings. The van der Waals surface area contributed by atoms with Gasteiger partial charge in [-0.05, 0) is 12.2 Å². The zero-order chi connectivity index (χ0) is 12.6.